The number of hydrogen-bond acceptors (Lipinski definition) is 7. The Morgan fingerprint density at radius 2 is 2.02 bits per heavy atom. The van der Waals surface area contributed by atoms with Crippen LogP contribution >= 0.6 is 11.6 Å². The molecule has 3 aromatic heterocycles. The van der Waals surface area contributed by atoms with Crippen LogP contribution in [-0.2, 0) is 16.2 Å². The zero-order chi connectivity index (χ0) is 29.6. The van der Waals surface area contributed by atoms with Crippen LogP contribution < -0.4 is 10.1 Å². The number of aromatic nitrogens is 5. The second-order valence-corrected chi connectivity index (χ2v) is 16.2. The van der Waals surface area contributed by atoms with Crippen molar-refractivity contribution < 1.29 is 27.8 Å². The van der Waals surface area contributed by atoms with Gasteiger partial charge in [0.1, 0.15) is 18.0 Å². The molecular weight excluding hydrogens is 574 g/mol. The third-order valence-corrected chi connectivity index (χ3v) is 7.93. The zero-order valence-electron chi connectivity index (χ0n) is 23.1. The van der Waals surface area contributed by atoms with E-state index in [0.717, 1.165) is 6.04 Å². The van der Waals surface area contributed by atoms with Gasteiger partial charge in [-0.2, -0.15) is 19.0 Å². The molecule has 0 aliphatic rings. The van der Waals surface area contributed by atoms with E-state index in [9.17, 15) is 13.6 Å². The summed E-state index contributed by atoms with van der Waals surface area (Å²) in [4.78, 5) is 17.5. The average molecular weight is 605 g/mol. The molecule has 0 spiro atoms. The van der Waals surface area contributed by atoms with Crippen molar-refractivity contribution in [2.75, 3.05) is 18.5 Å². The Bertz CT molecular complexity index is 1540. The molecule has 0 unspecified atom stereocenters. The van der Waals surface area contributed by atoms with Gasteiger partial charge in [-0.1, -0.05) is 31.2 Å². The van der Waals surface area contributed by atoms with Crippen LogP contribution in [-0.4, -0.2) is 58.2 Å². The number of amides is 1. The Labute approximate surface area is 241 Å². The van der Waals surface area contributed by atoms with E-state index in [-0.39, 0.29) is 40.0 Å². The number of carbonyl (C=O) groups excluding carboxylic acids is 1. The van der Waals surface area contributed by atoms with Crippen LogP contribution in [0.25, 0.3) is 23.0 Å². The first-order chi connectivity index (χ1) is 19.6. The maximum Gasteiger partial charge on any atom is 0.387 e. The number of nitrogens with zero attached hydrogens (tertiary/aromatic N) is 5. The summed E-state index contributed by atoms with van der Waals surface area (Å²) < 4.78 is 46.1. The minimum Gasteiger partial charge on any atom is -0.501 e. The van der Waals surface area contributed by atoms with Gasteiger partial charge in [0, 0.05) is 37.7 Å². The van der Waals surface area contributed by atoms with Crippen LogP contribution in [0.5, 0.6) is 5.75 Å². The molecule has 14 heteroatoms. The minimum absolute atomic E-state index is 0.00564. The number of hydrogen-bond donors (Lipinski definition) is 1. The topological polar surface area (TPSA) is 105 Å². The van der Waals surface area contributed by atoms with E-state index in [1.165, 1.54) is 40.0 Å². The number of rotatable bonds is 13. The van der Waals surface area contributed by atoms with Crippen LogP contribution in [0.15, 0.2) is 49.2 Å². The molecule has 218 valence electrons. The van der Waals surface area contributed by atoms with Crippen LogP contribution in [0.4, 0.5) is 14.5 Å². The van der Waals surface area contributed by atoms with Crippen molar-refractivity contribution in [1.29, 1.82) is 0 Å². The summed E-state index contributed by atoms with van der Waals surface area (Å²) in [5.41, 5.74) is 1.65. The fourth-order valence-corrected chi connectivity index (χ4v) is 4.84. The number of nitrogens with one attached hydrogen (secondary N) is 1. The highest BCUT2D eigenvalue weighted by molar-refractivity contribution is 6.76. The summed E-state index contributed by atoms with van der Waals surface area (Å²) in [6, 6.07) is 5.46. The van der Waals surface area contributed by atoms with Gasteiger partial charge < -0.3 is 19.5 Å². The van der Waals surface area contributed by atoms with Crippen molar-refractivity contribution in [1.82, 2.24) is 24.4 Å². The molecular formula is C27H31ClF2N6O4Si. The molecule has 3 heterocycles. The molecule has 41 heavy (non-hydrogen) atoms. The average Bonchev–Trinajstić information content (AvgIpc) is 3.51. The third kappa shape index (κ3) is 7.68. The first kappa shape index (κ1) is 30.2. The Hall–Kier alpha value is -3.81. The lowest BCUT2D eigenvalue weighted by molar-refractivity contribution is -0.0495. The lowest BCUT2D eigenvalue weighted by Gasteiger charge is -2.18. The number of benzene rings is 1. The summed E-state index contributed by atoms with van der Waals surface area (Å²) in [6.07, 6.45) is 8.98. The van der Waals surface area contributed by atoms with Gasteiger partial charge in [-0.15, -0.1) is 0 Å². The maximum atomic E-state index is 13.6. The third-order valence-electron chi connectivity index (χ3n) is 5.90. The lowest BCUT2D eigenvalue weighted by Crippen LogP contribution is -2.22. The Kier molecular flexibility index (Phi) is 9.73. The van der Waals surface area contributed by atoms with Gasteiger partial charge in [-0.25, -0.2) is 14.2 Å². The normalized spacial score (nSPS) is 12.0. The van der Waals surface area contributed by atoms with Crippen LogP contribution in [0, 0.1) is 0 Å². The molecule has 10 nitrogen and oxygen atoms in total. The van der Waals surface area contributed by atoms with E-state index in [1.54, 1.807) is 24.5 Å². The minimum atomic E-state index is -3.12. The highest BCUT2D eigenvalue weighted by Crippen LogP contribution is 2.40. The van der Waals surface area contributed by atoms with Crippen LogP contribution in [0.2, 0.25) is 30.7 Å². The van der Waals surface area contributed by atoms with E-state index in [2.05, 4.69) is 40.1 Å². The van der Waals surface area contributed by atoms with Crippen LogP contribution in [0.3, 0.4) is 0 Å². The van der Waals surface area contributed by atoms with E-state index in [0.29, 0.717) is 24.4 Å². The van der Waals surface area contributed by atoms with E-state index in [1.807, 2.05) is 6.92 Å². The molecule has 0 atom stereocenters. The van der Waals surface area contributed by atoms with E-state index < -0.39 is 20.6 Å². The van der Waals surface area contributed by atoms with Gasteiger partial charge in [0.2, 0.25) is 0 Å². The van der Waals surface area contributed by atoms with E-state index in [4.69, 9.17) is 25.8 Å². The zero-order valence-corrected chi connectivity index (χ0v) is 24.9. The molecule has 1 aromatic carbocycles. The molecule has 0 aliphatic carbocycles. The molecule has 0 saturated carbocycles. The van der Waals surface area contributed by atoms with Crippen molar-refractivity contribution in [2.24, 2.45) is 0 Å². The predicted octanol–water partition coefficient (Wildman–Crippen LogP) is 6.42. The monoisotopic (exact) mass is 604 g/mol. The smallest absolute Gasteiger partial charge is 0.387 e. The molecule has 1 N–H and O–H groups in total. The Morgan fingerprint density at radius 1 is 1.22 bits per heavy atom. The summed E-state index contributed by atoms with van der Waals surface area (Å²) in [5.74, 6) is -0.685. The van der Waals surface area contributed by atoms with Crippen molar-refractivity contribution in [3.8, 4) is 17.0 Å². The molecule has 0 fully saturated rings. The molecule has 0 aliphatic heterocycles. The van der Waals surface area contributed by atoms with E-state index >= 15 is 0 Å². The highest BCUT2D eigenvalue weighted by Gasteiger charge is 2.24. The van der Waals surface area contributed by atoms with Gasteiger partial charge in [0.15, 0.2) is 5.65 Å². The number of ether oxygens (including phenoxy) is 3. The van der Waals surface area contributed by atoms with Crippen molar-refractivity contribution in [2.45, 2.75) is 46.0 Å². The molecule has 1 amide bonds. The first-order valence-corrected chi connectivity index (χ1v) is 17.0. The van der Waals surface area contributed by atoms with Gasteiger partial charge >= 0.3 is 6.61 Å². The summed E-state index contributed by atoms with van der Waals surface area (Å²) in [5, 5.41) is 11.6. The summed E-state index contributed by atoms with van der Waals surface area (Å²) in [6.45, 7) is 6.31. The number of carbonyl (C=O) groups is 1. The molecule has 4 aromatic rings. The van der Waals surface area contributed by atoms with Crippen molar-refractivity contribution in [3.63, 3.8) is 0 Å². The fourth-order valence-electron chi connectivity index (χ4n) is 3.86. The number of fused-ring (bicyclic) bond motifs is 1. The first-order valence-electron chi connectivity index (χ1n) is 12.9. The molecule has 0 saturated heterocycles. The predicted molar refractivity (Wildman–Crippen MR) is 155 cm³/mol. The number of alkyl halides is 2. The molecule has 0 radical (unpaired) electrons. The van der Waals surface area contributed by atoms with Gasteiger partial charge in [0.05, 0.1) is 36.6 Å². The Balaban J connectivity index is 1.76. The van der Waals surface area contributed by atoms with Gasteiger partial charge in [-0.3, -0.25) is 4.79 Å². The SMILES string of the molecule is CCO/C=C/c1cc(OC(F)F)c(-c2c(NC(=O)c3cnn4cccnc34)cnn2COCC[Si](C)(C)C)cc1Cl. The highest BCUT2D eigenvalue weighted by atomic mass is 35.5. The van der Waals surface area contributed by atoms with Gasteiger partial charge in [0.25, 0.3) is 5.91 Å². The Morgan fingerprint density at radius 3 is 2.76 bits per heavy atom. The number of halogens is 3. The van der Waals surface area contributed by atoms with Crippen molar-refractivity contribution in [3.05, 3.63) is 65.4 Å². The van der Waals surface area contributed by atoms with Gasteiger partial charge in [-0.05, 0) is 42.8 Å². The fraction of sp³-hybridized carbons (Fsp3) is 0.333. The summed E-state index contributed by atoms with van der Waals surface area (Å²) in [7, 11) is -1.36. The largest absolute Gasteiger partial charge is 0.501 e. The second kappa shape index (κ2) is 13.2. The maximum absolute atomic E-state index is 13.6. The molecule has 0 bridgehead atoms. The second-order valence-electron chi connectivity index (χ2n) is 10.2. The van der Waals surface area contributed by atoms with Crippen molar-refractivity contribution >= 4 is 43.0 Å². The quantitative estimate of drug-likeness (QED) is 0.107. The van der Waals surface area contributed by atoms with Crippen LogP contribution in [0.1, 0.15) is 22.8 Å². The molecule has 4 rings (SSSR count). The standard InChI is InChI=1S/C27H31ClF2N6O4Si/c1-5-38-10-7-18-13-23(40-27(29)30)19(14-21(18)28)24-22(16-33-36(24)17-39-11-12-41(2,3)4)34-26(37)20-15-32-35-9-6-8-31-25(20)35/h6-10,13-16,27H,5,11-12,17H2,1-4H3,(H,34,37)/b10-7+. The lowest BCUT2D eigenvalue weighted by atomic mass is 10.1. The summed E-state index contributed by atoms with van der Waals surface area (Å²) >= 11 is 6.55. The number of anilines is 1.